The molecule has 0 unspecified atom stereocenters. The molecule has 3 heteroatoms. The quantitative estimate of drug-likeness (QED) is 0.0994. The summed E-state index contributed by atoms with van der Waals surface area (Å²) in [5.41, 5.74) is 6.78. The SMILES string of the molecule is [C-]#[N+]/C(C#N)=C\c1ccc2c3ccc(N(c4ccc(C)cc4)c4ccc(C)cc4)c4cccc(c5cccc1c52)c43. The molecule has 0 N–H and O–H groups in total. The van der Waals surface area contributed by atoms with Crippen LogP contribution in [0.4, 0.5) is 17.1 Å². The Bertz CT molecular complexity index is 2140. The number of benzene rings is 7. The first-order valence-corrected chi connectivity index (χ1v) is 13.6. The zero-order valence-corrected chi connectivity index (χ0v) is 22.8. The third-order valence-electron chi connectivity index (χ3n) is 8.02. The smallest absolute Gasteiger partial charge is 0.262 e. The number of nitrogens with zero attached hydrogens (tertiary/aromatic N) is 3. The molecule has 0 bridgehead atoms. The predicted octanol–water partition coefficient (Wildman–Crippen LogP) is 10.6. The molecule has 0 aliphatic rings. The van der Waals surface area contributed by atoms with E-state index in [1.807, 2.05) is 12.1 Å². The van der Waals surface area contributed by atoms with Gasteiger partial charge in [-0.3, -0.25) is 0 Å². The maximum Gasteiger partial charge on any atom is 0.262 e. The highest BCUT2D eigenvalue weighted by Gasteiger charge is 2.20. The van der Waals surface area contributed by atoms with E-state index in [0.29, 0.717) is 0 Å². The molecule has 0 radical (unpaired) electrons. The zero-order valence-electron chi connectivity index (χ0n) is 22.8. The van der Waals surface area contributed by atoms with E-state index in [0.717, 1.165) is 33.4 Å². The summed E-state index contributed by atoms with van der Waals surface area (Å²) in [6, 6.07) is 41.0. The highest BCUT2D eigenvalue weighted by atomic mass is 15.1. The first-order chi connectivity index (χ1) is 20.1. The first kappa shape index (κ1) is 24.4. The second-order valence-electron chi connectivity index (χ2n) is 10.6. The van der Waals surface area contributed by atoms with Gasteiger partial charge in [0.1, 0.15) is 0 Å². The molecule has 7 rings (SSSR count). The second kappa shape index (κ2) is 9.53. The van der Waals surface area contributed by atoms with Crippen molar-refractivity contribution in [2.45, 2.75) is 13.8 Å². The van der Waals surface area contributed by atoms with E-state index < -0.39 is 0 Å². The fourth-order valence-corrected chi connectivity index (χ4v) is 6.09. The van der Waals surface area contributed by atoms with E-state index >= 15 is 0 Å². The average molecular weight is 524 g/mol. The van der Waals surface area contributed by atoms with Gasteiger partial charge < -0.3 is 4.90 Å². The normalized spacial score (nSPS) is 11.8. The highest BCUT2D eigenvalue weighted by molar-refractivity contribution is 6.34. The van der Waals surface area contributed by atoms with Crippen LogP contribution in [0.3, 0.4) is 0 Å². The lowest BCUT2D eigenvalue weighted by Gasteiger charge is -2.28. The van der Waals surface area contributed by atoms with Crippen LogP contribution in [-0.4, -0.2) is 0 Å². The summed E-state index contributed by atoms with van der Waals surface area (Å²) in [6.07, 6.45) is 1.69. The number of rotatable bonds is 4. The standard InChI is InChI=1S/C38H25N3/c1-24-10-15-28(16-11-24)41(29-17-12-25(2)13-18-29)36-21-20-34-33-19-14-26(22-27(23-39)40-3)30-6-4-7-31(37(30)33)32-8-5-9-35(36)38(32)34/h4-22H,1-2H3/b27-22-. The van der Waals surface area contributed by atoms with Gasteiger partial charge in [0.05, 0.1) is 18.3 Å². The van der Waals surface area contributed by atoms with E-state index in [9.17, 15) is 5.26 Å². The van der Waals surface area contributed by atoms with Crippen LogP contribution >= 0.6 is 0 Å². The van der Waals surface area contributed by atoms with Crippen molar-refractivity contribution in [2.75, 3.05) is 4.90 Å². The van der Waals surface area contributed by atoms with Crippen LogP contribution in [0.1, 0.15) is 16.7 Å². The minimum Gasteiger partial charge on any atom is -0.310 e. The van der Waals surface area contributed by atoms with Crippen LogP contribution in [0.5, 0.6) is 0 Å². The Morgan fingerprint density at radius 1 is 0.634 bits per heavy atom. The maximum atomic E-state index is 9.38. The number of fused-ring (bicyclic) bond motifs is 2. The second-order valence-corrected chi connectivity index (χ2v) is 10.6. The van der Waals surface area contributed by atoms with E-state index in [1.165, 1.54) is 43.4 Å². The minimum atomic E-state index is 0.0842. The van der Waals surface area contributed by atoms with E-state index in [1.54, 1.807) is 6.08 Å². The molecule has 0 spiro atoms. The molecule has 0 saturated heterocycles. The van der Waals surface area contributed by atoms with Crippen molar-refractivity contribution in [3.63, 3.8) is 0 Å². The van der Waals surface area contributed by atoms with Gasteiger partial charge in [0.25, 0.3) is 5.70 Å². The van der Waals surface area contributed by atoms with Crippen LogP contribution in [-0.2, 0) is 0 Å². The Balaban J connectivity index is 1.56. The molecule has 0 saturated carbocycles. The van der Waals surface area contributed by atoms with Crippen molar-refractivity contribution in [2.24, 2.45) is 0 Å². The molecule has 0 aromatic heterocycles. The molecule has 0 aliphatic heterocycles. The number of allylic oxidation sites excluding steroid dienone is 1. The summed E-state index contributed by atoms with van der Waals surface area (Å²) in [4.78, 5) is 5.73. The van der Waals surface area contributed by atoms with Gasteiger partial charge in [0, 0.05) is 16.8 Å². The first-order valence-electron chi connectivity index (χ1n) is 13.6. The Labute approximate surface area is 239 Å². The molecule has 0 amide bonds. The van der Waals surface area contributed by atoms with Crippen LogP contribution in [0.25, 0.3) is 54.0 Å². The minimum absolute atomic E-state index is 0.0842. The molecule has 0 atom stereocenters. The number of aryl methyl sites for hydroxylation is 2. The Morgan fingerprint density at radius 3 is 1.68 bits per heavy atom. The van der Waals surface area contributed by atoms with Crippen LogP contribution < -0.4 is 4.90 Å². The molecular weight excluding hydrogens is 498 g/mol. The van der Waals surface area contributed by atoms with Gasteiger partial charge in [-0.1, -0.05) is 90.0 Å². The van der Waals surface area contributed by atoms with Crippen molar-refractivity contribution >= 4 is 66.2 Å². The van der Waals surface area contributed by atoms with Crippen molar-refractivity contribution in [1.82, 2.24) is 0 Å². The Morgan fingerprint density at radius 2 is 1.12 bits per heavy atom. The lowest BCUT2D eigenvalue weighted by Crippen LogP contribution is -2.10. The highest BCUT2D eigenvalue weighted by Crippen LogP contribution is 2.46. The molecule has 0 heterocycles. The number of hydrogen-bond acceptors (Lipinski definition) is 2. The van der Waals surface area contributed by atoms with Gasteiger partial charge in [-0.2, -0.15) is 0 Å². The summed E-state index contributed by atoms with van der Waals surface area (Å²) < 4.78 is 0. The predicted molar refractivity (Wildman–Crippen MR) is 172 cm³/mol. The number of nitriles is 1. The van der Waals surface area contributed by atoms with Crippen molar-refractivity contribution < 1.29 is 0 Å². The molecular formula is C38H25N3. The average Bonchev–Trinajstić information content (AvgIpc) is 3.01. The topological polar surface area (TPSA) is 31.4 Å². The van der Waals surface area contributed by atoms with Crippen molar-refractivity contribution in [1.29, 1.82) is 5.26 Å². The van der Waals surface area contributed by atoms with E-state index in [4.69, 9.17) is 6.57 Å². The molecule has 41 heavy (non-hydrogen) atoms. The summed E-state index contributed by atoms with van der Waals surface area (Å²) in [7, 11) is 0. The van der Waals surface area contributed by atoms with Gasteiger partial charge in [0.15, 0.2) is 0 Å². The fraction of sp³-hybridized carbons (Fsp3) is 0.0526. The third kappa shape index (κ3) is 3.88. The summed E-state index contributed by atoms with van der Waals surface area (Å²) in [6.45, 7) is 11.6. The fourth-order valence-electron chi connectivity index (χ4n) is 6.09. The molecule has 0 fully saturated rings. The Kier molecular flexibility index (Phi) is 5.67. The Hall–Kier alpha value is -5.64. The van der Waals surface area contributed by atoms with Gasteiger partial charge in [-0.15, -0.1) is 0 Å². The molecule has 192 valence electrons. The molecule has 7 aromatic carbocycles. The van der Waals surface area contributed by atoms with Crippen LogP contribution in [0, 0.1) is 31.8 Å². The summed E-state index contributed by atoms with van der Waals surface area (Å²) in [5.74, 6) is 0. The van der Waals surface area contributed by atoms with Crippen LogP contribution in [0.15, 0.2) is 115 Å². The number of anilines is 3. The molecule has 3 nitrogen and oxygen atoms in total. The number of hydrogen-bond donors (Lipinski definition) is 0. The largest absolute Gasteiger partial charge is 0.310 e. The lowest BCUT2D eigenvalue weighted by atomic mass is 9.87. The summed E-state index contributed by atoms with van der Waals surface area (Å²) in [5, 5.41) is 18.7. The summed E-state index contributed by atoms with van der Waals surface area (Å²) >= 11 is 0. The van der Waals surface area contributed by atoms with Gasteiger partial charge in [0.2, 0.25) is 0 Å². The monoisotopic (exact) mass is 523 g/mol. The lowest BCUT2D eigenvalue weighted by molar-refractivity contribution is 1.28. The zero-order chi connectivity index (χ0) is 28.1. The third-order valence-corrected chi connectivity index (χ3v) is 8.02. The van der Waals surface area contributed by atoms with E-state index in [-0.39, 0.29) is 5.70 Å². The maximum absolute atomic E-state index is 9.38. The molecule has 0 aliphatic carbocycles. The molecule has 7 aromatic rings. The van der Waals surface area contributed by atoms with Crippen LogP contribution in [0.2, 0.25) is 0 Å². The van der Waals surface area contributed by atoms with Gasteiger partial charge >= 0.3 is 0 Å². The van der Waals surface area contributed by atoms with E-state index in [2.05, 4.69) is 127 Å². The van der Waals surface area contributed by atoms with Gasteiger partial charge in [-0.05, 0) is 93.5 Å². The van der Waals surface area contributed by atoms with Crippen molar-refractivity contribution in [3.8, 4) is 6.07 Å². The van der Waals surface area contributed by atoms with Crippen molar-refractivity contribution in [3.05, 3.63) is 143 Å². The van der Waals surface area contributed by atoms with Gasteiger partial charge in [-0.25, -0.2) is 10.1 Å².